The van der Waals surface area contributed by atoms with Gasteiger partial charge in [0.05, 0.1) is 12.8 Å². The molecule has 6 heteroatoms. The molecule has 6 nitrogen and oxygen atoms in total. The van der Waals surface area contributed by atoms with Gasteiger partial charge >= 0.3 is 6.03 Å². The molecule has 0 bridgehead atoms. The van der Waals surface area contributed by atoms with Crippen molar-refractivity contribution in [3.8, 4) is 5.75 Å². The SMILES string of the molecule is CCCCOc1ccc(NC(=O)NCc2cnn3c2CCCC3)cc1. The summed E-state index contributed by atoms with van der Waals surface area (Å²) < 4.78 is 7.67. The van der Waals surface area contributed by atoms with Crippen LogP contribution < -0.4 is 15.4 Å². The summed E-state index contributed by atoms with van der Waals surface area (Å²) in [5, 5.41) is 10.1. The van der Waals surface area contributed by atoms with Crippen LogP contribution in [-0.2, 0) is 19.5 Å². The number of aromatic nitrogens is 2. The molecule has 0 atom stereocenters. The van der Waals surface area contributed by atoms with Crippen LogP contribution in [0.2, 0.25) is 0 Å². The molecule has 0 saturated heterocycles. The number of carbonyl (C=O) groups excluding carboxylic acids is 1. The van der Waals surface area contributed by atoms with Crippen LogP contribution in [0.5, 0.6) is 5.75 Å². The zero-order valence-electron chi connectivity index (χ0n) is 14.8. The third-order valence-electron chi connectivity index (χ3n) is 4.39. The van der Waals surface area contributed by atoms with Crippen LogP contribution in [-0.4, -0.2) is 22.4 Å². The van der Waals surface area contributed by atoms with Crippen LogP contribution in [0.1, 0.15) is 43.9 Å². The maximum atomic E-state index is 12.1. The van der Waals surface area contributed by atoms with E-state index in [-0.39, 0.29) is 6.03 Å². The van der Waals surface area contributed by atoms with Gasteiger partial charge in [0.15, 0.2) is 0 Å². The summed E-state index contributed by atoms with van der Waals surface area (Å²) in [6.45, 7) is 4.34. The van der Waals surface area contributed by atoms with Crippen molar-refractivity contribution in [2.24, 2.45) is 0 Å². The summed E-state index contributed by atoms with van der Waals surface area (Å²) in [6.07, 6.45) is 7.43. The first-order valence-corrected chi connectivity index (χ1v) is 9.07. The van der Waals surface area contributed by atoms with Gasteiger partial charge in [0.25, 0.3) is 0 Å². The van der Waals surface area contributed by atoms with Gasteiger partial charge in [0.1, 0.15) is 5.75 Å². The maximum Gasteiger partial charge on any atom is 0.319 e. The van der Waals surface area contributed by atoms with Gasteiger partial charge in [-0.25, -0.2) is 4.79 Å². The number of hydrogen-bond acceptors (Lipinski definition) is 3. The molecule has 134 valence electrons. The van der Waals surface area contributed by atoms with Crippen molar-refractivity contribution >= 4 is 11.7 Å². The fourth-order valence-corrected chi connectivity index (χ4v) is 2.95. The molecule has 0 spiro atoms. The Bertz CT molecular complexity index is 694. The van der Waals surface area contributed by atoms with E-state index in [1.54, 1.807) is 0 Å². The normalized spacial score (nSPS) is 13.2. The number of unbranched alkanes of at least 4 members (excludes halogenated alkanes) is 1. The Balaban J connectivity index is 1.47. The van der Waals surface area contributed by atoms with Crippen LogP contribution in [0.3, 0.4) is 0 Å². The van der Waals surface area contributed by atoms with Gasteiger partial charge in [-0.3, -0.25) is 4.68 Å². The minimum Gasteiger partial charge on any atom is -0.494 e. The zero-order chi connectivity index (χ0) is 17.5. The van der Waals surface area contributed by atoms with Crippen molar-refractivity contribution in [2.75, 3.05) is 11.9 Å². The summed E-state index contributed by atoms with van der Waals surface area (Å²) in [4.78, 5) is 12.1. The highest BCUT2D eigenvalue weighted by molar-refractivity contribution is 5.89. The molecule has 25 heavy (non-hydrogen) atoms. The Morgan fingerprint density at radius 2 is 2.12 bits per heavy atom. The number of hydrogen-bond donors (Lipinski definition) is 2. The fraction of sp³-hybridized carbons (Fsp3) is 0.474. The molecule has 2 heterocycles. The first-order chi connectivity index (χ1) is 12.3. The van der Waals surface area contributed by atoms with Gasteiger partial charge in [0, 0.05) is 30.0 Å². The van der Waals surface area contributed by atoms with E-state index in [9.17, 15) is 4.79 Å². The average Bonchev–Trinajstić information content (AvgIpc) is 3.05. The van der Waals surface area contributed by atoms with Crippen molar-refractivity contribution < 1.29 is 9.53 Å². The monoisotopic (exact) mass is 342 g/mol. The fourth-order valence-electron chi connectivity index (χ4n) is 2.95. The first-order valence-electron chi connectivity index (χ1n) is 9.07. The van der Waals surface area contributed by atoms with Crippen LogP contribution >= 0.6 is 0 Å². The van der Waals surface area contributed by atoms with Gasteiger partial charge in [-0.1, -0.05) is 13.3 Å². The van der Waals surface area contributed by atoms with Crippen molar-refractivity contribution in [1.82, 2.24) is 15.1 Å². The number of fused-ring (bicyclic) bond motifs is 1. The maximum absolute atomic E-state index is 12.1. The van der Waals surface area contributed by atoms with Crippen LogP contribution in [0.15, 0.2) is 30.5 Å². The molecular weight excluding hydrogens is 316 g/mol. The molecule has 1 aromatic heterocycles. The molecule has 0 fully saturated rings. The van der Waals surface area contributed by atoms with Crippen LogP contribution in [0, 0.1) is 0 Å². The molecule has 0 aliphatic carbocycles. The summed E-state index contributed by atoms with van der Waals surface area (Å²) >= 11 is 0. The molecule has 1 aliphatic heterocycles. The standard InChI is InChI=1S/C19H26N4O2/c1-2-3-12-25-17-9-7-16(8-10-17)22-19(24)20-13-15-14-21-23-11-5-4-6-18(15)23/h7-10,14H,2-6,11-13H2,1H3,(H2,20,22,24). The number of nitrogens with zero attached hydrogens (tertiary/aromatic N) is 2. The second kappa shape index (κ2) is 8.55. The largest absolute Gasteiger partial charge is 0.494 e. The Morgan fingerprint density at radius 3 is 2.92 bits per heavy atom. The summed E-state index contributed by atoms with van der Waals surface area (Å²) in [7, 11) is 0. The summed E-state index contributed by atoms with van der Waals surface area (Å²) in [5.41, 5.74) is 3.10. The number of aryl methyl sites for hydroxylation is 1. The minimum atomic E-state index is -0.213. The van der Waals surface area contributed by atoms with E-state index in [0.717, 1.165) is 49.4 Å². The molecule has 1 aromatic carbocycles. The van der Waals surface area contributed by atoms with Crippen LogP contribution in [0.25, 0.3) is 0 Å². The van der Waals surface area contributed by atoms with E-state index >= 15 is 0 Å². The summed E-state index contributed by atoms with van der Waals surface area (Å²) in [5.74, 6) is 0.825. The molecule has 1 aliphatic rings. The topological polar surface area (TPSA) is 68.2 Å². The lowest BCUT2D eigenvalue weighted by atomic mass is 10.1. The van der Waals surface area contributed by atoms with Gasteiger partial charge in [0.2, 0.25) is 0 Å². The number of rotatable bonds is 7. The predicted octanol–water partition coefficient (Wildman–Crippen LogP) is 3.72. The van der Waals surface area contributed by atoms with Gasteiger partial charge in [-0.05, 0) is 49.9 Å². The van der Waals surface area contributed by atoms with E-state index in [1.165, 1.54) is 18.5 Å². The Labute approximate surface area is 148 Å². The molecule has 2 aromatic rings. The van der Waals surface area contributed by atoms with Gasteiger partial charge < -0.3 is 15.4 Å². The number of amides is 2. The number of benzene rings is 1. The van der Waals surface area contributed by atoms with Crippen molar-refractivity contribution in [3.63, 3.8) is 0 Å². The van der Waals surface area contributed by atoms with E-state index in [0.29, 0.717) is 6.54 Å². The van der Waals surface area contributed by atoms with Gasteiger partial charge in [-0.2, -0.15) is 5.10 Å². The highest BCUT2D eigenvalue weighted by Crippen LogP contribution is 2.18. The summed E-state index contributed by atoms with van der Waals surface area (Å²) in [6, 6.07) is 7.24. The lowest BCUT2D eigenvalue weighted by molar-refractivity contribution is 0.251. The van der Waals surface area contributed by atoms with Gasteiger partial charge in [-0.15, -0.1) is 0 Å². The second-order valence-electron chi connectivity index (χ2n) is 6.33. The number of nitrogens with one attached hydrogen (secondary N) is 2. The Kier molecular flexibility index (Phi) is 5.93. The molecule has 0 unspecified atom stereocenters. The third kappa shape index (κ3) is 4.75. The van der Waals surface area contributed by atoms with Crippen LogP contribution in [0.4, 0.5) is 10.5 Å². The first kappa shape index (κ1) is 17.3. The molecule has 2 amide bonds. The highest BCUT2D eigenvalue weighted by atomic mass is 16.5. The van der Waals surface area contributed by atoms with E-state index < -0.39 is 0 Å². The lowest BCUT2D eigenvalue weighted by Gasteiger charge is -2.15. The average molecular weight is 342 g/mol. The number of anilines is 1. The van der Waals surface area contributed by atoms with Crippen molar-refractivity contribution in [3.05, 3.63) is 41.7 Å². The Morgan fingerprint density at radius 1 is 1.28 bits per heavy atom. The van der Waals surface area contributed by atoms with E-state index in [1.807, 2.05) is 30.5 Å². The molecule has 0 saturated carbocycles. The quantitative estimate of drug-likeness (QED) is 0.754. The molecule has 0 radical (unpaired) electrons. The third-order valence-corrected chi connectivity index (χ3v) is 4.39. The molecular formula is C19H26N4O2. The van der Waals surface area contributed by atoms with Crippen molar-refractivity contribution in [1.29, 1.82) is 0 Å². The highest BCUT2D eigenvalue weighted by Gasteiger charge is 2.15. The predicted molar refractivity (Wildman–Crippen MR) is 97.9 cm³/mol. The smallest absolute Gasteiger partial charge is 0.319 e. The number of urea groups is 1. The number of carbonyl (C=O) groups is 1. The second-order valence-corrected chi connectivity index (χ2v) is 6.33. The van der Waals surface area contributed by atoms with E-state index in [2.05, 4.69) is 27.3 Å². The van der Waals surface area contributed by atoms with E-state index in [4.69, 9.17) is 4.74 Å². The van der Waals surface area contributed by atoms with Crippen molar-refractivity contribution in [2.45, 2.75) is 52.1 Å². The minimum absolute atomic E-state index is 0.213. The molecule has 3 rings (SSSR count). The lowest BCUT2D eigenvalue weighted by Crippen LogP contribution is -2.28. The molecule has 2 N–H and O–H groups in total. The zero-order valence-corrected chi connectivity index (χ0v) is 14.8. The Hall–Kier alpha value is -2.50. The number of ether oxygens (including phenoxy) is 1.